The molecule has 0 aliphatic heterocycles. The normalized spacial score (nSPS) is 11.6. The lowest BCUT2D eigenvalue weighted by atomic mass is 10.1. The average molecular weight is 297 g/mol. The van der Waals surface area contributed by atoms with E-state index in [0.29, 0.717) is 13.0 Å². The van der Waals surface area contributed by atoms with Crippen molar-refractivity contribution in [3.63, 3.8) is 0 Å². The molecule has 0 radical (unpaired) electrons. The molecular formula is C14H19NO4S. The highest BCUT2D eigenvalue weighted by Gasteiger charge is 2.24. The number of allylic oxidation sites excluding steroid dienone is 1. The summed E-state index contributed by atoms with van der Waals surface area (Å²) in [6.07, 6.45) is 3.14. The number of aromatic carboxylic acids is 1. The molecule has 1 aromatic carbocycles. The number of nitrogens with zero attached hydrogens (tertiary/aromatic N) is 1. The zero-order valence-corrected chi connectivity index (χ0v) is 12.5. The van der Waals surface area contributed by atoms with Crippen LogP contribution in [0.15, 0.2) is 35.7 Å². The molecule has 0 saturated carbocycles. The fourth-order valence-corrected chi connectivity index (χ4v) is 3.32. The van der Waals surface area contributed by atoms with Gasteiger partial charge < -0.3 is 5.11 Å². The Balaban J connectivity index is 3.12. The van der Waals surface area contributed by atoms with Gasteiger partial charge in [0.05, 0.1) is 10.5 Å². The molecule has 1 rings (SSSR count). The van der Waals surface area contributed by atoms with Gasteiger partial charge in [0.1, 0.15) is 0 Å². The molecule has 0 aromatic heterocycles. The highest BCUT2D eigenvalue weighted by Crippen LogP contribution is 2.22. The van der Waals surface area contributed by atoms with Crippen molar-refractivity contribution >= 4 is 16.0 Å². The largest absolute Gasteiger partial charge is 0.478 e. The zero-order valence-electron chi connectivity index (χ0n) is 11.7. The molecule has 0 unspecified atom stereocenters. The van der Waals surface area contributed by atoms with E-state index >= 15 is 0 Å². The number of unbranched alkanes of at least 4 members (excludes halogenated alkanes) is 1. The molecule has 0 aliphatic carbocycles. The first-order valence-corrected chi connectivity index (χ1v) is 7.66. The van der Waals surface area contributed by atoms with E-state index in [-0.39, 0.29) is 16.0 Å². The molecule has 0 atom stereocenters. The summed E-state index contributed by atoms with van der Waals surface area (Å²) in [7, 11) is -2.18. The van der Waals surface area contributed by atoms with Gasteiger partial charge in [-0.1, -0.05) is 12.1 Å². The summed E-state index contributed by atoms with van der Waals surface area (Å²) < 4.78 is 26.1. The maximum Gasteiger partial charge on any atom is 0.335 e. The van der Waals surface area contributed by atoms with Gasteiger partial charge in [-0.2, -0.15) is 0 Å². The number of benzene rings is 1. The van der Waals surface area contributed by atoms with Crippen molar-refractivity contribution in [1.29, 1.82) is 0 Å². The van der Waals surface area contributed by atoms with E-state index < -0.39 is 16.0 Å². The first-order valence-electron chi connectivity index (χ1n) is 6.22. The maximum atomic E-state index is 12.4. The Morgan fingerprint density at radius 3 is 2.65 bits per heavy atom. The van der Waals surface area contributed by atoms with Crippen molar-refractivity contribution in [3.05, 3.63) is 42.0 Å². The first kappa shape index (κ1) is 16.4. The van der Waals surface area contributed by atoms with Crippen molar-refractivity contribution in [2.24, 2.45) is 0 Å². The van der Waals surface area contributed by atoms with E-state index in [0.717, 1.165) is 6.42 Å². The molecule has 0 spiro atoms. The van der Waals surface area contributed by atoms with Crippen LogP contribution in [0.1, 0.15) is 28.8 Å². The molecule has 20 heavy (non-hydrogen) atoms. The zero-order chi connectivity index (χ0) is 15.3. The van der Waals surface area contributed by atoms with Gasteiger partial charge in [-0.3, -0.25) is 0 Å². The second-order valence-electron chi connectivity index (χ2n) is 4.49. The van der Waals surface area contributed by atoms with Gasteiger partial charge in [0, 0.05) is 13.6 Å². The number of sulfonamides is 1. The van der Waals surface area contributed by atoms with Gasteiger partial charge in [0.25, 0.3) is 0 Å². The Hall–Kier alpha value is -1.66. The van der Waals surface area contributed by atoms with Crippen LogP contribution < -0.4 is 0 Å². The van der Waals surface area contributed by atoms with Crippen molar-refractivity contribution in [2.45, 2.75) is 24.7 Å². The number of hydrogen-bond acceptors (Lipinski definition) is 3. The van der Waals surface area contributed by atoms with Crippen LogP contribution in [0.5, 0.6) is 0 Å². The Morgan fingerprint density at radius 1 is 1.45 bits per heavy atom. The summed E-state index contributed by atoms with van der Waals surface area (Å²) in [5.74, 6) is -1.13. The highest BCUT2D eigenvalue weighted by molar-refractivity contribution is 7.89. The third-order valence-electron chi connectivity index (χ3n) is 3.08. The van der Waals surface area contributed by atoms with Gasteiger partial charge >= 0.3 is 5.97 Å². The number of hydrogen-bond donors (Lipinski definition) is 1. The van der Waals surface area contributed by atoms with Gasteiger partial charge in [-0.05, 0) is 37.5 Å². The molecule has 1 N–H and O–H groups in total. The molecule has 5 nitrogen and oxygen atoms in total. The minimum atomic E-state index is -3.67. The van der Waals surface area contributed by atoms with Crippen molar-refractivity contribution < 1.29 is 18.3 Å². The third-order valence-corrected chi connectivity index (χ3v) is 5.09. The van der Waals surface area contributed by atoms with Crippen LogP contribution in [0.25, 0.3) is 0 Å². The highest BCUT2D eigenvalue weighted by atomic mass is 32.2. The Labute approximate surface area is 119 Å². The number of carbonyl (C=O) groups is 1. The minimum Gasteiger partial charge on any atom is -0.478 e. The second kappa shape index (κ2) is 6.67. The minimum absolute atomic E-state index is 0.00515. The van der Waals surface area contributed by atoms with Gasteiger partial charge in [-0.15, -0.1) is 6.58 Å². The molecule has 110 valence electrons. The Bertz CT molecular complexity index is 608. The van der Waals surface area contributed by atoms with Crippen LogP contribution in [0, 0.1) is 6.92 Å². The fourth-order valence-electron chi connectivity index (χ4n) is 1.87. The summed E-state index contributed by atoms with van der Waals surface area (Å²) >= 11 is 0. The summed E-state index contributed by atoms with van der Waals surface area (Å²) in [6, 6.07) is 4.27. The molecule has 6 heteroatoms. The SMILES string of the molecule is C=CCCCN(C)S(=O)(=O)c1cccc(C(=O)O)c1C. The molecule has 0 bridgehead atoms. The van der Waals surface area contributed by atoms with Gasteiger partial charge in [-0.25, -0.2) is 17.5 Å². The topological polar surface area (TPSA) is 74.7 Å². The lowest BCUT2D eigenvalue weighted by molar-refractivity contribution is 0.0696. The fraction of sp³-hybridized carbons (Fsp3) is 0.357. The Morgan fingerprint density at radius 2 is 2.10 bits per heavy atom. The maximum absolute atomic E-state index is 12.4. The monoisotopic (exact) mass is 297 g/mol. The van der Waals surface area contributed by atoms with E-state index in [1.807, 2.05) is 0 Å². The van der Waals surface area contributed by atoms with Crippen LogP contribution in [0.2, 0.25) is 0 Å². The molecular weight excluding hydrogens is 278 g/mol. The summed E-state index contributed by atoms with van der Waals surface area (Å²) in [5, 5.41) is 9.05. The number of carboxylic acid groups (broad SMARTS) is 1. The molecule has 0 fully saturated rings. The van der Waals surface area contributed by atoms with E-state index in [4.69, 9.17) is 5.11 Å². The van der Waals surface area contributed by atoms with E-state index in [2.05, 4.69) is 6.58 Å². The third kappa shape index (κ3) is 3.46. The Kier molecular flexibility index (Phi) is 5.47. The standard InChI is InChI=1S/C14H19NO4S/c1-4-5-6-10-15(3)20(18,19)13-9-7-8-12(11(13)2)14(16)17/h4,7-9H,1,5-6,10H2,2-3H3,(H,16,17). The van der Waals surface area contributed by atoms with Crippen molar-refractivity contribution in [2.75, 3.05) is 13.6 Å². The van der Waals surface area contributed by atoms with Crippen molar-refractivity contribution in [3.8, 4) is 0 Å². The number of rotatable bonds is 7. The van der Waals surface area contributed by atoms with E-state index in [1.165, 1.54) is 36.5 Å². The van der Waals surface area contributed by atoms with E-state index in [9.17, 15) is 13.2 Å². The smallest absolute Gasteiger partial charge is 0.335 e. The second-order valence-corrected chi connectivity index (χ2v) is 6.50. The first-order chi connectivity index (χ1) is 9.32. The van der Waals surface area contributed by atoms with Crippen LogP contribution in [0.3, 0.4) is 0 Å². The predicted octanol–water partition coefficient (Wildman–Crippen LogP) is 2.28. The quantitative estimate of drug-likeness (QED) is 0.619. The van der Waals surface area contributed by atoms with E-state index in [1.54, 1.807) is 6.08 Å². The summed E-state index contributed by atoms with van der Waals surface area (Å²) in [4.78, 5) is 11.1. The lowest BCUT2D eigenvalue weighted by Crippen LogP contribution is -2.28. The molecule has 0 saturated heterocycles. The molecule has 0 heterocycles. The summed E-state index contributed by atoms with van der Waals surface area (Å²) in [5.41, 5.74) is 0.265. The molecule has 0 amide bonds. The van der Waals surface area contributed by atoms with Crippen LogP contribution in [-0.4, -0.2) is 37.4 Å². The number of carboxylic acids is 1. The lowest BCUT2D eigenvalue weighted by Gasteiger charge is -2.18. The molecule has 0 aliphatic rings. The molecule has 1 aromatic rings. The van der Waals surface area contributed by atoms with Crippen LogP contribution in [-0.2, 0) is 10.0 Å². The van der Waals surface area contributed by atoms with Crippen molar-refractivity contribution in [1.82, 2.24) is 4.31 Å². The van der Waals surface area contributed by atoms with Crippen LogP contribution in [0.4, 0.5) is 0 Å². The van der Waals surface area contributed by atoms with Crippen LogP contribution >= 0.6 is 0 Å². The van der Waals surface area contributed by atoms with Gasteiger partial charge in [0.2, 0.25) is 10.0 Å². The van der Waals surface area contributed by atoms with Gasteiger partial charge in [0.15, 0.2) is 0 Å². The average Bonchev–Trinajstić information content (AvgIpc) is 2.38. The predicted molar refractivity (Wildman–Crippen MR) is 77.4 cm³/mol. The summed E-state index contributed by atoms with van der Waals surface area (Å²) in [6.45, 7) is 5.46.